The summed E-state index contributed by atoms with van der Waals surface area (Å²) >= 11 is 1.73. The van der Waals surface area contributed by atoms with Crippen molar-refractivity contribution in [3.63, 3.8) is 0 Å². The van der Waals surface area contributed by atoms with E-state index in [1.165, 1.54) is 23.5 Å². The van der Waals surface area contributed by atoms with E-state index >= 15 is 0 Å². The Hall–Kier alpha value is -2.22. The summed E-state index contributed by atoms with van der Waals surface area (Å²) in [5.41, 5.74) is 2.48. The molecule has 0 saturated carbocycles. The fraction of sp³-hybridized carbons (Fsp3) is 0.520. The zero-order chi connectivity index (χ0) is 22.1. The molecular weight excluding hydrogens is 420 g/mol. The average molecular weight is 453 g/mol. The molecule has 0 amide bonds. The lowest BCUT2D eigenvalue weighted by Gasteiger charge is -2.40. The number of hydrogen-bond acceptors (Lipinski definition) is 6. The summed E-state index contributed by atoms with van der Waals surface area (Å²) < 4.78 is 7.24. The van der Waals surface area contributed by atoms with Crippen LogP contribution >= 0.6 is 11.3 Å². The van der Waals surface area contributed by atoms with Crippen molar-refractivity contribution >= 4 is 21.6 Å². The van der Waals surface area contributed by atoms with Crippen LogP contribution < -0.4 is 10.3 Å². The Bertz CT molecular complexity index is 1150. The van der Waals surface area contributed by atoms with Crippen molar-refractivity contribution in [2.24, 2.45) is 0 Å². The SMILES string of the molecule is CCN1CCN(C2CCc3c(sc4ncn(CCc5ccccc5OC)c(=O)c34)C2)CC1. The lowest BCUT2D eigenvalue weighted by atomic mass is 9.91. The first-order valence-corrected chi connectivity index (χ1v) is 12.6. The van der Waals surface area contributed by atoms with Crippen molar-refractivity contribution in [1.82, 2.24) is 19.4 Å². The summed E-state index contributed by atoms with van der Waals surface area (Å²) in [6.07, 6.45) is 5.66. The summed E-state index contributed by atoms with van der Waals surface area (Å²) in [5, 5.41) is 0.863. The molecule has 0 N–H and O–H groups in total. The molecule has 0 bridgehead atoms. The number of aryl methyl sites for hydroxylation is 3. The van der Waals surface area contributed by atoms with E-state index < -0.39 is 0 Å². The fourth-order valence-corrected chi connectivity index (χ4v) is 6.50. The molecule has 2 aliphatic rings. The summed E-state index contributed by atoms with van der Waals surface area (Å²) in [5.74, 6) is 0.869. The second kappa shape index (κ2) is 9.33. The lowest BCUT2D eigenvalue weighted by molar-refractivity contribution is 0.0932. The molecule has 2 aromatic heterocycles. The van der Waals surface area contributed by atoms with Crippen LogP contribution in [0.2, 0.25) is 0 Å². The first-order chi connectivity index (χ1) is 15.7. The van der Waals surface area contributed by atoms with Crippen LogP contribution in [0.1, 0.15) is 29.3 Å². The fourth-order valence-electron chi connectivity index (χ4n) is 5.25. The van der Waals surface area contributed by atoms with E-state index in [-0.39, 0.29) is 5.56 Å². The smallest absolute Gasteiger partial charge is 0.262 e. The number of methoxy groups -OCH3 is 1. The molecule has 170 valence electrons. The van der Waals surface area contributed by atoms with Crippen LogP contribution in [0.4, 0.5) is 0 Å². The van der Waals surface area contributed by atoms with Gasteiger partial charge in [0.15, 0.2) is 0 Å². The summed E-state index contributed by atoms with van der Waals surface area (Å²) in [6, 6.07) is 8.60. The van der Waals surface area contributed by atoms with Gasteiger partial charge in [-0.05, 0) is 49.4 Å². The van der Waals surface area contributed by atoms with Crippen molar-refractivity contribution in [2.75, 3.05) is 39.8 Å². The van der Waals surface area contributed by atoms with Gasteiger partial charge in [0.2, 0.25) is 0 Å². The van der Waals surface area contributed by atoms with Gasteiger partial charge in [0.25, 0.3) is 5.56 Å². The van der Waals surface area contributed by atoms with Gasteiger partial charge in [0.1, 0.15) is 10.6 Å². The standard InChI is InChI=1S/C25H32N4O2S/c1-3-27-12-14-28(15-13-27)19-8-9-20-22(16-19)32-24-23(20)25(30)29(17-26-24)11-10-18-6-4-5-7-21(18)31-2/h4-7,17,19H,3,8-16H2,1-2H3. The largest absolute Gasteiger partial charge is 0.496 e. The molecule has 0 radical (unpaired) electrons. The molecule has 1 unspecified atom stereocenters. The van der Waals surface area contributed by atoms with Crippen molar-refractivity contribution < 1.29 is 4.74 Å². The van der Waals surface area contributed by atoms with Gasteiger partial charge in [-0.3, -0.25) is 14.3 Å². The minimum Gasteiger partial charge on any atom is -0.496 e. The van der Waals surface area contributed by atoms with Crippen molar-refractivity contribution in [3.8, 4) is 5.75 Å². The van der Waals surface area contributed by atoms with Gasteiger partial charge in [-0.25, -0.2) is 4.98 Å². The number of benzene rings is 1. The van der Waals surface area contributed by atoms with Gasteiger partial charge in [-0.1, -0.05) is 25.1 Å². The van der Waals surface area contributed by atoms with E-state index in [4.69, 9.17) is 9.72 Å². The van der Waals surface area contributed by atoms with E-state index in [0.29, 0.717) is 12.6 Å². The van der Waals surface area contributed by atoms with E-state index in [0.717, 1.165) is 66.8 Å². The number of rotatable bonds is 6. The Morgan fingerprint density at radius 3 is 2.78 bits per heavy atom. The highest BCUT2D eigenvalue weighted by Crippen LogP contribution is 2.35. The molecule has 3 heterocycles. The number of aromatic nitrogens is 2. The molecule has 5 rings (SSSR count). The molecule has 1 atom stereocenters. The van der Waals surface area contributed by atoms with Gasteiger partial charge in [0.05, 0.1) is 18.8 Å². The van der Waals surface area contributed by atoms with Crippen LogP contribution in [0.25, 0.3) is 10.2 Å². The number of para-hydroxylation sites is 1. The zero-order valence-corrected chi connectivity index (χ0v) is 19.9. The number of likely N-dealkylation sites (N-methyl/N-ethyl adjacent to an activating group) is 1. The third-order valence-electron chi connectivity index (χ3n) is 7.19. The Kier molecular flexibility index (Phi) is 6.31. The highest BCUT2D eigenvalue weighted by molar-refractivity contribution is 7.18. The molecule has 1 aliphatic carbocycles. The zero-order valence-electron chi connectivity index (χ0n) is 19.0. The normalized spacial score (nSPS) is 19.9. The van der Waals surface area contributed by atoms with Crippen LogP contribution in [0.3, 0.4) is 0 Å². The second-order valence-corrected chi connectivity index (χ2v) is 9.94. The lowest BCUT2D eigenvalue weighted by Crippen LogP contribution is -2.51. The highest BCUT2D eigenvalue weighted by Gasteiger charge is 2.30. The first kappa shape index (κ1) is 21.6. The maximum Gasteiger partial charge on any atom is 0.262 e. The topological polar surface area (TPSA) is 50.6 Å². The molecular formula is C25H32N4O2S. The Balaban J connectivity index is 1.35. The number of ether oxygens (including phenoxy) is 1. The molecule has 7 heteroatoms. The first-order valence-electron chi connectivity index (χ1n) is 11.8. The van der Waals surface area contributed by atoms with Crippen LogP contribution in [0, 0.1) is 0 Å². The Morgan fingerprint density at radius 2 is 2.00 bits per heavy atom. The molecule has 1 saturated heterocycles. The molecule has 1 aliphatic heterocycles. The molecule has 0 spiro atoms. The van der Waals surface area contributed by atoms with Gasteiger partial charge in [-0.15, -0.1) is 11.3 Å². The number of nitrogens with zero attached hydrogens (tertiary/aromatic N) is 4. The molecule has 32 heavy (non-hydrogen) atoms. The highest BCUT2D eigenvalue weighted by atomic mass is 32.1. The average Bonchev–Trinajstić information content (AvgIpc) is 3.22. The number of thiophene rings is 1. The van der Waals surface area contributed by atoms with Gasteiger partial charge >= 0.3 is 0 Å². The number of piperazine rings is 1. The van der Waals surface area contributed by atoms with Crippen molar-refractivity contribution in [1.29, 1.82) is 0 Å². The second-order valence-electron chi connectivity index (χ2n) is 8.86. The van der Waals surface area contributed by atoms with Crippen LogP contribution in [-0.2, 0) is 25.8 Å². The van der Waals surface area contributed by atoms with E-state index in [2.05, 4.69) is 22.8 Å². The third-order valence-corrected chi connectivity index (χ3v) is 8.36. The Labute approximate surface area is 193 Å². The Morgan fingerprint density at radius 1 is 1.19 bits per heavy atom. The number of hydrogen-bond donors (Lipinski definition) is 0. The quantitative estimate of drug-likeness (QED) is 0.575. The minimum absolute atomic E-state index is 0.109. The predicted octanol–water partition coefficient (Wildman–Crippen LogP) is 3.20. The minimum atomic E-state index is 0.109. The summed E-state index contributed by atoms with van der Waals surface area (Å²) in [7, 11) is 1.69. The third kappa shape index (κ3) is 4.09. The summed E-state index contributed by atoms with van der Waals surface area (Å²) in [4.78, 5) is 25.5. The van der Waals surface area contributed by atoms with Gasteiger partial charge < -0.3 is 9.64 Å². The van der Waals surface area contributed by atoms with Crippen LogP contribution in [0.5, 0.6) is 5.75 Å². The van der Waals surface area contributed by atoms with Gasteiger partial charge in [-0.2, -0.15) is 0 Å². The van der Waals surface area contributed by atoms with E-state index in [1.54, 1.807) is 29.3 Å². The predicted molar refractivity (Wildman–Crippen MR) is 130 cm³/mol. The van der Waals surface area contributed by atoms with E-state index in [9.17, 15) is 4.79 Å². The number of fused-ring (bicyclic) bond motifs is 3. The van der Waals surface area contributed by atoms with Crippen LogP contribution in [-0.4, -0.2) is 65.2 Å². The van der Waals surface area contributed by atoms with Crippen molar-refractivity contribution in [2.45, 2.75) is 45.2 Å². The van der Waals surface area contributed by atoms with Crippen molar-refractivity contribution in [3.05, 3.63) is 57.0 Å². The van der Waals surface area contributed by atoms with Crippen LogP contribution in [0.15, 0.2) is 35.4 Å². The van der Waals surface area contributed by atoms with E-state index in [1.807, 2.05) is 18.2 Å². The monoisotopic (exact) mass is 452 g/mol. The molecule has 1 aromatic carbocycles. The molecule has 3 aromatic rings. The molecule has 1 fully saturated rings. The summed E-state index contributed by atoms with van der Waals surface area (Å²) in [6.45, 7) is 8.66. The maximum atomic E-state index is 13.4. The van der Waals surface area contributed by atoms with Gasteiger partial charge in [0, 0.05) is 43.6 Å². The maximum absolute atomic E-state index is 13.4. The molecule has 6 nitrogen and oxygen atoms in total.